The van der Waals surface area contributed by atoms with E-state index in [2.05, 4.69) is 18.7 Å². The molecule has 0 spiro atoms. The number of nitrogens with zero attached hydrogens (tertiary/aromatic N) is 1. The van der Waals surface area contributed by atoms with Crippen LogP contribution in [0.2, 0.25) is 0 Å². The van der Waals surface area contributed by atoms with E-state index in [0.29, 0.717) is 24.1 Å². The highest BCUT2D eigenvalue weighted by molar-refractivity contribution is 5.97. The first kappa shape index (κ1) is 15.0. The SMILES string of the molecule is CC(=O)c1cc(F)cc(CN2CC(C)CCC2C)c1O. The first-order valence-corrected chi connectivity index (χ1v) is 7.15. The Labute approximate surface area is 119 Å². The number of likely N-dealkylation sites (tertiary alicyclic amines) is 1. The molecule has 0 aliphatic carbocycles. The van der Waals surface area contributed by atoms with E-state index >= 15 is 0 Å². The van der Waals surface area contributed by atoms with Gasteiger partial charge in [0.2, 0.25) is 0 Å². The maximum atomic E-state index is 13.6. The number of rotatable bonds is 3. The Bertz CT molecular complexity index is 515. The molecule has 1 saturated heterocycles. The molecular weight excluding hydrogens is 257 g/mol. The molecule has 20 heavy (non-hydrogen) atoms. The number of piperidine rings is 1. The summed E-state index contributed by atoms with van der Waals surface area (Å²) in [5, 5.41) is 10.2. The van der Waals surface area contributed by atoms with Gasteiger partial charge in [0.1, 0.15) is 11.6 Å². The zero-order valence-electron chi connectivity index (χ0n) is 12.3. The maximum Gasteiger partial charge on any atom is 0.163 e. The minimum absolute atomic E-state index is 0.0673. The highest BCUT2D eigenvalue weighted by Crippen LogP contribution is 2.29. The van der Waals surface area contributed by atoms with Crippen molar-refractivity contribution in [1.82, 2.24) is 4.90 Å². The van der Waals surface area contributed by atoms with Gasteiger partial charge < -0.3 is 5.11 Å². The predicted octanol–water partition coefficient (Wildman–Crippen LogP) is 3.35. The monoisotopic (exact) mass is 279 g/mol. The fourth-order valence-electron chi connectivity index (χ4n) is 2.86. The Morgan fingerprint density at radius 3 is 2.75 bits per heavy atom. The van der Waals surface area contributed by atoms with Gasteiger partial charge in [-0.05, 0) is 44.7 Å². The van der Waals surface area contributed by atoms with Crippen LogP contribution in [0.15, 0.2) is 12.1 Å². The van der Waals surface area contributed by atoms with E-state index in [-0.39, 0.29) is 17.1 Å². The molecule has 0 saturated carbocycles. The van der Waals surface area contributed by atoms with Crippen LogP contribution < -0.4 is 0 Å². The smallest absolute Gasteiger partial charge is 0.163 e. The van der Waals surface area contributed by atoms with Crippen molar-refractivity contribution in [3.8, 4) is 5.75 Å². The minimum atomic E-state index is -0.472. The van der Waals surface area contributed by atoms with E-state index in [1.165, 1.54) is 19.4 Å². The van der Waals surface area contributed by atoms with Gasteiger partial charge in [0.25, 0.3) is 0 Å². The van der Waals surface area contributed by atoms with Gasteiger partial charge >= 0.3 is 0 Å². The number of carbonyl (C=O) groups excluding carboxylic acids is 1. The molecule has 3 nitrogen and oxygen atoms in total. The predicted molar refractivity (Wildman–Crippen MR) is 76.3 cm³/mol. The van der Waals surface area contributed by atoms with E-state index in [0.717, 1.165) is 19.0 Å². The first-order chi connectivity index (χ1) is 9.38. The molecule has 0 radical (unpaired) electrons. The maximum absolute atomic E-state index is 13.6. The number of phenols is 1. The van der Waals surface area contributed by atoms with E-state index < -0.39 is 5.82 Å². The summed E-state index contributed by atoms with van der Waals surface area (Å²) >= 11 is 0. The number of phenolic OH excluding ortho intramolecular Hbond substituents is 1. The average molecular weight is 279 g/mol. The van der Waals surface area contributed by atoms with Gasteiger partial charge in [-0.2, -0.15) is 0 Å². The summed E-state index contributed by atoms with van der Waals surface area (Å²) in [6.07, 6.45) is 2.31. The van der Waals surface area contributed by atoms with Gasteiger partial charge in [-0.3, -0.25) is 9.69 Å². The molecule has 1 fully saturated rings. The molecule has 1 aliphatic rings. The molecule has 1 aromatic rings. The zero-order valence-corrected chi connectivity index (χ0v) is 12.3. The molecule has 110 valence electrons. The summed E-state index contributed by atoms with van der Waals surface area (Å²) in [7, 11) is 0. The Morgan fingerprint density at radius 1 is 1.40 bits per heavy atom. The Kier molecular flexibility index (Phi) is 4.43. The standard InChI is InChI=1S/C16H22FNO2/c1-10-4-5-11(2)18(8-10)9-13-6-14(17)7-15(12(3)19)16(13)20/h6-7,10-11,20H,4-5,8-9H2,1-3H3. The van der Waals surface area contributed by atoms with Crippen molar-refractivity contribution in [2.24, 2.45) is 5.92 Å². The number of benzene rings is 1. The molecule has 2 unspecified atom stereocenters. The van der Waals surface area contributed by atoms with Crippen molar-refractivity contribution in [1.29, 1.82) is 0 Å². The van der Waals surface area contributed by atoms with Crippen LogP contribution in [0, 0.1) is 11.7 Å². The topological polar surface area (TPSA) is 40.5 Å². The average Bonchev–Trinajstić information content (AvgIpc) is 2.37. The van der Waals surface area contributed by atoms with E-state index in [4.69, 9.17) is 0 Å². The lowest BCUT2D eigenvalue weighted by Crippen LogP contribution is -2.40. The van der Waals surface area contributed by atoms with Crippen LogP contribution in [-0.2, 0) is 6.54 Å². The van der Waals surface area contributed by atoms with Crippen LogP contribution in [0.25, 0.3) is 0 Å². The largest absolute Gasteiger partial charge is 0.507 e. The van der Waals surface area contributed by atoms with E-state index in [1.807, 2.05) is 0 Å². The van der Waals surface area contributed by atoms with Crippen LogP contribution >= 0.6 is 0 Å². The summed E-state index contributed by atoms with van der Waals surface area (Å²) in [5.41, 5.74) is 0.564. The van der Waals surface area contributed by atoms with Gasteiger partial charge in [-0.15, -0.1) is 0 Å². The normalized spacial score (nSPS) is 23.8. The van der Waals surface area contributed by atoms with Gasteiger partial charge in [0.15, 0.2) is 5.78 Å². The summed E-state index contributed by atoms with van der Waals surface area (Å²) in [5.74, 6) is -0.262. The fraction of sp³-hybridized carbons (Fsp3) is 0.562. The molecule has 1 aliphatic heterocycles. The van der Waals surface area contributed by atoms with Crippen molar-refractivity contribution in [3.05, 3.63) is 29.1 Å². The van der Waals surface area contributed by atoms with Gasteiger partial charge in [0.05, 0.1) is 5.56 Å². The van der Waals surface area contributed by atoms with Crippen molar-refractivity contribution in [2.45, 2.75) is 46.2 Å². The number of ketones is 1. The summed E-state index contributed by atoms with van der Waals surface area (Å²) in [4.78, 5) is 13.7. The lowest BCUT2D eigenvalue weighted by molar-refractivity contribution is 0.101. The highest BCUT2D eigenvalue weighted by Gasteiger charge is 2.24. The Balaban J connectivity index is 2.26. The van der Waals surface area contributed by atoms with Crippen molar-refractivity contribution >= 4 is 5.78 Å². The third-order valence-electron chi connectivity index (χ3n) is 4.15. The molecule has 0 bridgehead atoms. The second kappa shape index (κ2) is 5.92. The minimum Gasteiger partial charge on any atom is -0.507 e. The Hall–Kier alpha value is -1.42. The number of hydrogen-bond acceptors (Lipinski definition) is 3. The third kappa shape index (κ3) is 3.18. The number of hydrogen-bond donors (Lipinski definition) is 1. The number of aromatic hydroxyl groups is 1. The zero-order chi connectivity index (χ0) is 14.9. The first-order valence-electron chi connectivity index (χ1n) is 7.15. The van der Waals surface area contributed by atoms with Crippen LogP contribution in [0.1, 0.15) is 49.5 Å². The molecule has 1 aromatic carbocycles. The van der Waals surface area contributed by atoms with E-state index in [1.54, 1.807) is 0 Å². The second-order valence-corrected chi connectivity index (χ2v) is 5.98. The molecule has 2 atom stereocenters. The molecule has 2 rings (SSSR count). The van der Waals surface area contributed by atoms with Crippen molar-refractivity contribution in [2.75, 3.05) is 6.54 Å². The number of halogens is 1. The van der Waals surface area contributed by atoms with Crippen LogP contribution in [-0.4, -0.2) is 28.4 Å². The van der Waals surface area contributed by atoms with Gasteiger partial charge in [-0.25, -0.2) is 4.39 Å². The van der Waals surface area contributed by atoms with Crippen molar-refractivity contribution in [3.63, 3.8) is 0 Å². The molecule has 0 amide bonds. The third-order valence-corrected chi connectivity index (χ3v) is 4.15. The molecular formula is C16H22FNO2. The van der Waals surface area contributed by atoms with Crippen LogP contribution in [0.5, 0.6) is 5.75 Å². The van der Waals surface area contributed by atoms with Crippen LogP contribution in [0.3, 0.4) is 0 Å². The van der Waals surface area contributed by atoms with Gasteiger partial charge in [-0.1, -0.05) is 6.92 Å². The lowest BCUT2D eigenvalue weighted by Gasteiger charge is -2.37. The summed E-state index contributed by atoms with van der Waals surface area (Å²) < 4.78 is 13.6. The van der Waals surface area contributed by atoms with E-state index in [9.17, 15) is 14.3 Å². The highest BCUT2D eigenvalue weighted by atomic mass is 19.1. The fourth-order valence-corrected chi connectivity index (χ4v) is 2.86. The van der Waals surface area contributed by atoms with Crippen LogP contribution in [0.4, 0.5) is 4.39 Å². The Morgan fingerprint density at radius 2 is 2.10 bits per heavy atom. The number of Topliss-reactive ketones (excluding diaryl/α,β-unsaturated/α-hetero) is 1. The summed E-state index contributed by atoms with van der Waals surface area (Å²) in [6.45, 7) is 7.10. The molecule has 1 heterocycles. The quantitative estimate of drug-likeness (QED) is 0.863. The van der Waals surface area contributed by atoms with Crippen molar-refractivity contribution < 1.29 is 14.3 Å². The molecule has 4 heteroatoms. The lowest BCUT2D eigenvalue weighted by atomic mass is 9.94. The molecule has 1 N–H and O–H groups in total. The van der Waals surface area contributed by atoms with Gasteiger partial charge in [0, 0.05) is 24.7 Å². The molecule has 0 aromatic heterocycles. The number of carbonyl (C=O) groups is 1. The summed E-state index contributed by atoms with van der Waals surface area (Å²) in [6, 6.07) is 2.84. The second-order valence-electron chi connectivity index (χ2n) is 5.98.